The summed E-state index contributed by atoms with van der Waals surface area (Å²) in [7, 11) is 0. The van der Waals surface area contributed by atoms with Crippen LogP contribution >= 0.6 is 11.6 Å². The summed E-state index contributed by atoms with van der Waals surface area (Å²) < 4.78 is 0. The summed E-state index contributed by atoms with van der Waals surface area (Å²) in [6, 6.07) is 4.12. The van der Waals surface area contributed by atoms with Crippen molar-refractivity contribution in [3.63, 3.8) is 0 Å². The Hall–Kier alpha value is -2.15. The zero-order valence-corrected chi connectivity index (χ0v) is 11.9. The minimum atomic E-state index is -0.974. The van der Waals surface area contributed by atoms with Crippen LogP contribution in [0.15, 0.2) is 18.2 Å². The second kappa shape index (κ2) is 5.69. The molecular formula is C13H13ClN2O5. The normalized spacial score (nSPS) is 21.3. The quantitative estimate of drug-likeness (QED) is 0.680. The molecule has 7 nitrogen and oxygen atoms in total. The third kappa shape index (κ3) is 2.82. The molecule has 1 aliphatic rings. The van der Waals surface area contributed by atoms with E-state index < -0.39 is 28.4 Å². The molecule has 1 aromatic carbocycles. The van der Waals surface area contributed by atoms with Crippen LogP contribution < -0.4 is 0 Å². The van der Waals surface area contributed by atoms with E-state index in [1.807, 2.05) is 0 Å². The number of rotatable bonds is 3. The van der Waals surface area contributed by atoms with Gasteiger partial charge in [-0.05, 0) is 18.1 Å². The molecule has 2 unspecified atom stereocenters. The summed E-state index contributed by atoms with van der Waals surface area (Å²) in [5, 5.41) is 20.0. The summed E-state index contributed by atoms with van der Waals surface area (Å²) in [5.41, 5.74) is -0.568. The van der Waals surface area contributed by atoms with E-state index >= 15 is 0 Å². The monoisotopic (exact) mass is 312 g/mol. The second-order valence-corrected chi connectivity index (χ2v) is 5.43. The van der Waals surface area contributed by atoms with Gasteiger partial charge in [0.2, 0.25) is 0 Å². The number of carboxylic acids is 1. The predicted molar refractivity (Wildman–Crippen MR) is 74.3 cm³/mol. The number of carbonyl (C=O) groups excluding carboxylic acids is 1. The molecule has 1 aromatic rings. The smallest absolute Gasteiger partial charge is 0.308 e. The zero-order valence-electron chi connectivity index (χ0n) is 11.2. The zero-order chi connectivity index (χ0) is 15.7. The average Bonchev–Trinajstić information content (AvgIpc) is 2.79. The van der Waals surface area contributed by atoms with Crippen molar-refractivity contribution in [2.75, 3.05) is 13.1 Å². The minimum absolute atomic E-state index is 0.0407. The molecule has 1 aliphatic heterocycles. The van der Waals surface area contributed by atoms with Crippen molar-refractivity contribution in [2.45, 2.75) is 6.92 Å². The number of nitrogens with zero attached hydrogens (tertiary/aromatic N) is 2. The first kappa shape index (κ1) is 15.2. The summed E-state index contributed by atoms with van der Waals surface area (Å²) in [6.07, 6.45) is 0. The van der Waals surface area contributed by atoms with Gasteiger partial charge in [0.05, 0.1) is 10.8 Å². The van der Waals surface area contributed by atoms with Gasteiger partial charge in [-0.15, -0.1) is 0 Å². The molecule has 0 spiro atoms. The standard InChI is InChI=1S/C13H13ClN2O5/c1-7-5-15(6-9(7)13(18)19)12(17)8-3-2-4-10(14)11(8)16(20)21/h2-4,7,9H,5-6H2,1H3,(H,18,19). The van der Waals surface area contributed by atoms with Crippen molar-refractivity contribution in [3.05, 3.63) is 38.9 Å². The molecular weight excluding hydrogens is 300 g/mol. The fourth-order valence-corrected chi connectivity index (χ4v) is 2.74. The Morgan fingerprint density at radius 2 is 2.10 bits per heavy atom. The number of nitro groups is 1. The molecule has 0 aliphatic carbocycles. The fraction of sp³-hybridized carbons (Fsp3) is 0.385. The first-order valence-electron chi connectivity index (χ1n) is 6.28. The van der Waals surface area contributed by atoms with Gasteiger partial charge in [0, 0.05) is 13.1 Å². The maximum absolute atomic E-state index is 12.4. The lowest BCUT2D eigenvalue weighted by molar-refractivity contribution is -0.385. The van der Waals surface area contributed by atoms with Crippen LogP contribution in [0.3, 0.4) is 0 Å². The SMILES string of the molecule is CC1CN(C(=O)c2cccc(Cl)c2[N+](=O)[O-])CC1C(=O)O. The Morgan fingerprint density at radius 3 is 2.62 bits per heavy atom. The summed E-state index contributed by atoms with van der Waals surface area (Å²) in [4.78, 5) is 35.2. The van der Waals surface area contributed by atoms with E-state index in [2.05, 4.69) is 0 Å². The highest BCUT2D eigenvalue weighted by atomic mass is 35.5. The third-order valence-electron chi connectivity index (χ3n) is 3.62. The van der Waals surface area contributed by atoms with Gasteiger partial charge in [0.25, 0.3) is 5.91 Å². The summed E-state index contributed by atoms with van der Waals surface area (Å²) in [5.74, 6) is -2.41. The summed E-state index contributed by atoms with van der Waals surface area (Å²) in [6.45, 7) is 2.02. The van der Waals surface area contributed by atoms with Gasteiger partial charge in [0.15, 0.2) is 0 Å². The first-order valence-corrected chi connectivity index (χ1v) is 6.65. The molecule has 2 atom stereocenters. The van der Waals surface area contributed by atoms with E-state index in [-0.39, 0.29) is 29.6 Å². The van der Waals surface area contributed by atoms with Gasteiger partial charge in [-0.3, -0.25) is 19.7 Å². The number of benzene rings is 1. The Balaban J connectivity index is 2.32. The van der Waals surface area contributed by atoms with Gasteiger partial charge in [-0.25, -0.2) is 0 Å². The number of hydrogen-bond donors (Lipinski definition) is 1. The molecule has 0 bridgehead atoms. The number of carboxylic acid groups (broad SMARTS) is 1. The fourth-order valence-electron chi connectivity index (χ4n) is 2.50. The maximum atomic E-state index is 12.4. The lowest BCUT2D eigenvalue weighted by atomic mass is 9.99. The van der Waals surface area contributed by atoms with Crippen LogP contribution in [0.2, 0.25) is 5.02 Å². The lowest BCUT2D eigenvalue weighted by Crippen LogP contribution is -2.30. The van der Waals surface area contributed by atoms with Crippen LogP contribution in [0.25, 0.3) is 0 Å². The molecule has 1 heterocycles. The molecule has 1 fully saturated rings. The molecule has 0 radical (unpaired) electrons. The van der Waals surface area contributed by atoms with E-state index in [1.165, 1.54) is 23.1 Å². The van der Waals surface area contributed by atoms with Crippen LogP contribution in [0.5, 0.6) is 0 Å². The van der Waals surface area contributed by atoms with Gasteiger partial charge >= 0.3 is 11.7 Å². The third-order valence-corrected chi connectivity index (χ3v) is 3.92. The molecule has 2 rings (SSSR count). The van der Waals surface area contributed by atoms with E-state index in [1.54, 1.807) is 6.92 Å². The number of aliphatic carboxylic acids is 1. The number of para-hydroxylation sites is 1. The predicted octanol–water partition coefficient (Wildman–Crippen LogP) is 2.04. The van der Waals surface area contributed by atoms with E-state index in [9.17, 15) is 19.7 Å². The molecule has 8 heteroatoms. The van der Waals surface area contributed by atoms with Gasteiger partial charge < -0.3 is 10.0 Å². The van der Waals surface area contributed by atoms with Crippen molar-refractivity contribution < 1.29 is 19.6 Å². The van der Waals surface area contributed by atoms with Crippen LogP contribution in [-0.4, -0.2) is 39.9 Å². The van der Waals surface area contributed by atoms with Crippen LogP contribution in [0, 0.1) is 22.0 Å². The van der Waals surface area contributed by atoms with Crippen LogP contribution in [0.4, 0.5) is 5.69 Å². The number of carbonyl (C=O) groups is 2. The lowest BCUT2D eigenvalue weighted by Gasteiger charge is -2.16. The molecule has 1 amide bonds. The topological polar surface area (TPSA) is 101 Å². The molecule has 21 heavy (non-hydrogen) atoms. The Bertz CT molecular complexity index is 619. The highest BCUT2D eigenvalue weighted by Gasteiger charge is 2.39. The minimum Gasteiger partial charge on any atom is -0.481 e. The number of likely N-dealkylation sites (tertiary alicyclic amines) is 1. The molecule has 0 saturated carbocycles. The van der Waals surface area contributed by atoms with Crippen molar-refractivity contribution in [3.8, 4) is 0 Å². The molecule has 0 aromatic heterocycles. The summed E-state index contributed by atoms with van der Waals surface area (Å²) >= 11 is 5.78. The largest absolute Gasteiger partial charge is 0.481 e. The van der Waals surface area contributed by atoms with E-state index in [0.29, 0.717) is 0 Å². The average molecular weight is 313 g/mol. The van der Waals surface area contributed by atoms with Gasteiger partial charge in [-0.1, -0.05) is 24.6 Å². The molecule has 1 N–H and O–H groups in total. The van der Waals surface area contributed by atoms with Crippen molar-refractivity contribution in [1.82, 2.24) is 4.90 Å². The molecule has 112 valence electrons. The second-order valence-electron chi connectivity index (χ2n) is 5.03. The number of nitro benzene ring substituents is 1. The number of hydrogen-bond acceptors (Lipinski definition) is 4. The Kier molecular flexibility index (Phi) is 4.13. The van der Waals surface area contributed by atoms with Crippen molar-refractivity contribution in [1.29, 1.82) is 0 Å². The van der Waals surface area contributed by atoms with Gasteiger partial charge in [0.1, 0.15) is 10.6 Å². The van der Waals surface area contributed by atoms with Crippen molar-refractivity contribution in [2.24, 2.45) is 11.8 Å². The highest BCUT2D eigenvalue weighted by molar-refractivity contribution is 6.33. The Labute approximate surface area is 125 Å². The Morgan fingerprint density at radius 1 is 1.43 bits per heavy atom. The van der Waals surface area contributed by atoms with E-state index in [0.717, 1.165) is 0 Å². The van der Waals surface area contributed by atoms with Crippen LogP contribution in [-0.2, 0) is 4.79 Å². The van der Waals surface area contributed by atoms with Crippen LogP contribution in [0.1, 0.15) is 17.3 Å². The number of amides is 1. The van der Waals surface area contributed by atoms with Crippen molar-refractivity contribution >= 4 is 29.2 Å². The first-order chi connectivity index (χ1) is 9.82. The maximum Gasteiger partial charge on any atom is 0.308 e. The van der Waals surface area contributed by atoms with Gasteiger partial charge in [-0.2, -0.15) is 0 Å². The number of halogens is 1. The molecule has 1 saturated heterocycles. The highest BCUT2D eigenvalue weighted by Crippen LogP contribution is 2.31. The van der Waals surface area contributed by atoms with E-state index in [4.69, 9.17) is 16.7 Å².